The SMILES string of the molecule is C=CCOc1ccc(O)c(-c2ccc(N)cc2)c1. The molecule has 2 aromatic carbocycles. The molecular formula is C15H15NO2. The lowest BCUT2D eigenvalue weighted by Gasteiger charge is -2.09. The molecule has 0 aliphatic carbocycles. The van der Waals surface area contributed by atoms with Crippen molar-refractivity contribution in [1.29, 1.82) is 0 Å². The number of benzene rings is 2. The molecule has 0 heterocycles. The summed E-state index contributed by atoms with van der Waals surface area (Å²) in [5, 5.41) is 9.88. The number of rotatable bonds is 4. The van der Waals surface area contributed by atoms with Gasteiger partial charge in [-0.2, -0.15) is 0 Å². The fourth-order valence-electron chi connectivity index (χ4n) is 1.65. The Kier molecular flexibility index (Phi) is 3.53. The van der Waals surface area contributed by atoms with Crippen LogP contribution < -0.4 is 10.5 Å². The van der Waals surface area contributed by atoms with Crippen molar-refractivity contribution < 1.29 is 9.84 Å². The van der Waals surface area contributed by atoms with Crippen LogP contribution in [0.4, 0.5) is 5.69 Å². The Morgan fingerprint density at radius 1 is 1.17 bits per heavy atom. The average Bonchev–Trinajstić information content (AvgIpc) is 2.39. The lowest BCUT2D eigenvalue weighted by atomic mass is 10.0. The predicted octanol–water partition coefficient (Wildman–Crippen LogP) is 3.21. The highest BCUT2D eigenvalue weighted by atomic mass is 16.5. The molecule has 0 bridgehead atoms. The van der Waals surface area contributed by atoms with Gasteiger partial charge in [-0.15, -0.1) is 0 Å². The first-order valence-electron chi connectivity index (χ1n) is 5.63. The van der Waals surface area contributed by atoms with Gasteiger partial charge in [0.25, 0.3) is 0 Å². The number of ether oxygens (including phenoxy) is 1. The number of anilines is 1. The summed E-state index contributed by atoms with van der Waals surface area (Å²) in [6, 6.07) is 12.5. The monoisotopic (exact) mass is 241 g/mol. The molecule has 2 rings (SSSR count). The van der Waals surface area contributed by atoms with Gasteiger partial charge < -0.3 is 15.6 Å². The zero-order valence-electron chi connectivity index (χ0n) is 9.97. The van der Waals surface area contributed by atoms with E-state index < -0.39 is 0 Å². The summed E-state index contributed by atoms with van der Waals surface area (Å²) in [4.78, 5) is 0. The van der Waals surface area contributed by atoms with Crippen LogP contribution in [0, 0.1) is 0 Å². The Bertz CT molecular complexity index is 547. The maximum atomic E-state index is 9.88. The predicted molar refractivity (Wildman–Crippen MR) is 73.6 cm³/mol. The highest BCUT2D eigenvalue weighted by Gasteiger charge is 2.06. The molecule has 3 nitrogen and oxygen atoms in total. The standard InChI is InChI=1S/C15H15NO2/c1-2-9-18-13-7-8-15(17)14(10-13)11-3-5-12(16)6-4-11/h2-8,10,17H,1,9,16H2. The van der Waals surface area contributed by atoms with Crippen LogP contribution in [-0.4, -0.2) is 11.7 Å². The van der Waals surface area contributed by atoms with Crippen LogP contribution in [0.15, 0.2) is 55.1 Å². The largest absolute Gasteiger partial charge is 0.507 e. The second-order valence-corrected chi connectivity index (χ2v) is 3.90. The molecule has 0 aliphatic heterocycles. The van der Waals surface area contributed by atoms with Crippen LogP contribution in [0.5, 0.6) is 11.5 Å². The molecule has 0 amide bonds. The zero-order chi connectivity index (χ0) is 13.0. The van der Waals surface area contributed by atoms with E-state index in [1.54, 1.807) is 36.4 Å². The molecule has 18 heavy (non-hydrogen) atoms. The topological polar surface area (TPSA) is 55.5 Å². The van der Waals surface area contributed by atoms with Crippen LogP contribution in [0.2, 0.25) is 0 Å². The lowest BCUT2D eigenvalue weighted by Crippen LogP contribution is -1.93. The summed E-state index contributed by atoms with van der Waals surface area (Å²) in [7, 11) is 0. The number of hydrogen-bond acceptors (Lipinski definition) is 3. The van der Waals surface area contributed by atoms with E-state index in [1.165, 1.54) is 0 Å². The van der Waals surface area contributed by atoms with Crippen molar-refractivity contribution in [2.24, 2.45) is 0 Å². The fourth-order valence-corrected chi connectivity index (χ4v) is 1.65. The minimum Gasteiger partial charge on any atom is -0.507 e. The summed E-state index contributed by atoms with van der Waals surface area (Å²) >= 11 is 0. The summed E-state index contributed by atoms with van der Waals surface area (Å²) in [6.07, 6.45) is 1.68. The van der Waals surface area contributed by atoms with E-state index in [4.69, 9.17) is 10.5 Å². The van der Waals surface area contributed by atoms with Crippen molar-refractivity contribution in [3.63, 3.8) is 0 Å². The van der Waals surface area contributed by atoms with Gasteiger partial charge in [-0.3, -0.25) is 0 Å². The highest BCUT2D eigenvalue weighted by Crippen LogP contribution is 2.32. The molecular weight excluding hydrogens is 226 g/mol. The van der Waals surface area contributed by atoms with Gasteiger partial charge in [-0.05, 0) is 35.9 Å². The summed E-state index contributed by atoms with van der Waals surface area (Å²) in [5.74, 6) is 0.908. The molecule has 3 heteroatoms. The number of aromatic hydroxyl groups is 1. The van der Waals surface area contributed by atoms with Crippen molar-refractivity contribution in [2.45, 2.75) is 0 Å². The Morgan fingerprint density at radius 2 is 1.89 bits per heavy atom. The first-order valence-corrected chi connectivity index (χ1v) is 5.63. The van der Waals surface area contributed by atoms with Crippen molar-refractivity contribution in [3.05, 3.63) is 55.1 Å². The summed E-state index contributed by atoms with van der Waals surface area (Å²) in [6.45, 7) is 4.03. The van der Waals surface area contributed by atoms with Gasteiger partial charge in [-0.1, -0.05) is 24.8 Å². The molecule has 0 unspecified atom stereocenters. The van der Waals surface area contributed by atoms with Gasteiger partial charge in [-0.25, -0.2) is 0 Å². The Hall–Kier alpha value is -2.42. The van der Waals surface area contributed by atoms with E-state index in [1.807, 2.05) is 12.1 Å². The molecule has 0 atom stereocenters. The number of nitrogen functional groups attached to an aromatic ring is 1. The van der Waals surface area contributed by atoms with E-state index in [2.05, 4.69) is 6.58 Å². The number of phenolic OH excluding ortho intramolecular Hbond substituents is 1. The van der Waals surface area contributed by atoms with E-state index in [9.17, 15) is 5.11 Å². The second-order valence-electron chi connectivity index (χ2n) is 3.90. The van der Waals surface area contributed by atoms with Crippen molar-refractivity contribution >= 4 is 5.69 Å². The lowest BCUT2D eigenvalue weighted by molar-refractivity contribution is 0.362. The fraction of sp³-hybridized carbons (Fsp3) is 0.0667. The Balaban J connectivity index is 2.36. The summed E-state index contributed by atoms with van der Waals surface area (Å²) in [5.41, 5.74) is 7.95. The van der Waals surface area contributed by atoms with Gasteiger partial charge in [0.15, 0.2) is 0 Å². The molecule has 2 aromatic rings. The third-order valence-electron chi connectivity index (χ3n) is 2.56. The Labute approximate surface area is 106 Å². The molecule has 0 aromatic heterocycles. The molecule has 92 valence electrons. The molecule has 3 N–H and O–H groups in total. The number of hydrogen-bond donors (Lipinski definition) is 2. The molecule has 0 fully saturated rings. The van der Waals surface area contributed by atoms with E-state index in [0.717, 1.165) is 11.1 Å². The maximum absolute atomic E-state index is 9.88. The molecule has 0 spiro atoms. The third-order valence-corrected chi connectivity index (χ3v) is 2.56. The molecule has 0 radical (unpaired) electrons. The van der Waals surface area contributed by atoms with E-state index in [0.29, 0.717) is 18.0 Å². The van der Waals surface area contributed by atoms with Gasteiger partial charge in [0.1, 0.15) is 18.1 Å². The quantitative estimate of drug-likeness (QED) is 0.638. The van der Waals surface area contributed by atoms with Crippen LogP contribution in [0.3, 0.4) is 0 Å². The van der Waals surface area contributed by atoms with Crippen LogP contribution in [-0.2, 0) is 0 Å². The third kappa shape index (κ3) is 2.63. The number of nitrogens with two attached hydrogens (primary N) is 1. The average molecular weight is 241 g/mol. The molecule has 0 saturated carbocycles. The minimum absolute atomic E-state index is 0.214. The van der Waals surface area contributed by atoms with Gasteiger partial charge in [0, 0.05) is 11.3 Å². The van der Waals surface area contributed by atoms with Crippen molar-refractivity contribution in [2.75, 3.05) is 12.3 Å². The zero-order valence-corrected chi connectivity index (χ0v) is 9.97. The van der Waals surface area contributed by atoms with Gasteiger partial charge in [0.05, 0.1) is 0 Å². The molecule has 0 aliphatic rings. The van der Waals surface area contributed by atoms with E-state index in [-0.39, 0.29) is 5.75 Å². The van der Waals surface area contributed by atoms with Crippen molar-refractivity contribution in [3.8, 4) is 22.6 Å². The second kappa shape index (κ2) is 5.27. The van der Waals surface area contributed by atoms with Gasteiger partial charge in [0.2, 0.25) is 0 Å². The highest BCUT2D eigenvalue weighted by molar-refractivity contribution is 5.72. The first-order chi connectivity index (χ1) is 8.70. The van der Waals surface area contributed by atoms with Crippen LogP contribution >= 0.6 is 0 Å². The normalized spacial score (nSPS) is 10.0. The number of phenols is 1. The summed E-state index contributed by atoms with van der Waals surface area (Å²) < 4.78 is 5.44. The van der Waals surface area contributed by atoms with Gasteiger partial charge >= 0.3 is 0 Å². The minimum atomic E-state index is 0.214. The van der Waals surface area contributed by atoms with E-state index >= 15 is 0 Å². The first kappa shape index (κ1) is 12.0. The maximum Gasteiger partial charge on any atom is 0.123 e. The van der Waals surface area contributed by atoms with Crippen LogP contribution in [0.1, 0.15) is 0 Å². The van der Waals surface area contributed by atoms with Crippen LogP contribution in [0.25, 0.3) is 11.1 Å². The van der Waals surface area contributed by atoms with Crippen molar-refractivity contribution in [1.82, 2.24) is 0 Å². The smallest absolute Gasteiger partial charge is 0.123 e. The molecule has 0 saturated heterocycles. The Morgan fingerprint density at radius 3 is 2.56 bits per heavy atom.